The molecule has 1 N–H and O–H groups in total. The number of rotatable bonds is 2. The first-order valence-electron chi connectivity index (χ1n) is 7.61. The summed E-state index contributed by atoms with van der Waals surface area (Å²) in [6.45, 7) is 5.16. The quantitative estimate of drug-likeness (QED) is 0.505. The van der Waals surface area contributed by atoms with E-state index in [0.717, 1.165) is 17.7 Å². The lowest BCUT2D eigenvalue weighted by Crippen LogP contribution is -2.42. The van der Waals surface area contributed by atoms with Crippen LogP contribution < -0.4 is 10.2 Å². The molecule has 126 valence electrons. The van der Waals surface area contributed by atoms with Gasteiger partial charge in [-0.3, -0.25) is 4.79 Å². The lowest BCUT2D eigenvalue weighted by molar-refractivity contribution is -0.222. The average molecular weight is 330 g/mol. The van der Waals surface area contributed by atoms with Gasteiger partial charge in [0.1, 0.15) is 0 Å². The van der Waals surface area contributed by atoms with Gasteiger partial charge in [-0.25, -0.2) is 9.59 Å². The first-order valence-corrected chi connectivity index (χ1v) is 7.61. The van der Waals surface area contributed by atoms with Gasteiger partial charge in [0.15, 0.2) is 5.57 Å². The SMILES string of the molecule is CC(=O)N1CCc2ccc(NC=C3C(=O)OC(C)(C)OC3=O)cc21. The fraction of sp³-hybridized carbons (Fsp3) is 0.353. The van der Waals surface area contributed by atoms with Crippen molar-refractivity contribution in [2.75, 3.05) is 16.8 Å². The van der Waals surface area contributed by atoms with Crippen LogP contribution >= 0.6 is 0 Å². The number of nitrogens with one attached hydrogen (secondary N) is 1. The number of ether oxygens (including phenoxy) is 2. The fourth-order valence-electron chi connectivity index (χ4n) is 2.73. The van der Waals surface area contributed by atoms with E-state index >= 15 is 0 Å². The highest BCUT2D eigenvalue weighted by molar-refractivity contribution is 6.15. The zero-order valence-corrected chi connectivity index (χ0v) is 13.7. The summed E-state index contributed by atoms with van der Waals surface area (Å²) in [5, 5.41) is 2.89. The zero-order valence-electron chi connectivity index (χ0n) is 13.7. The van der Waals surface area contributed by atoms with Crippen LogP contribution in [-0.4, -0.2) is 30.2 Å². The lowest BCUT2D eigenvalue weighted by atomic mass is 10.1. The van der Waals surface area contributed by atoms with Crippen molar-refractivity contribution in [1.82, 2.24) is 0 Å². The largest absolute Gasteiger partial charge is 0.419 e. The van der Waals surface area contributed by atoms with Gasteiger partial charge in [-0.05, 0) is 24.1 Å². The maximum Gasteiger partial charge on any atom is 0.350 e. The number of carbonyl (C=O) groups is 3. The molecule has 0 spiro atoms. The molecular weight excluding hydrogens is 312 g/mol. The van der Waals surface area contributed by atoms with E-state index in [4.69, 9.17) is 9.47 Å². The number of nitrogens with zero attached hydrogens (tertiary/aromatic N) is 1. The van der Waals surface area contributed by atoms with Crippen molar-refractivity contribution in [2.45, 2.75) is 33.0 Å². The third-order valence-corrected chi connectivity index (χ3v) is 3.86. The van der Waals surface area contributed by atoms with Crippen LogP contribution in [-0.2, 0) is 30.3 Å². The zero-order chi connectivity index (χ0) is 17.5. The van der Waals surface area contributed by atoms with Crippen LogP contribution in [0.4, 0.5) is 11.4 Å². The molecule has 1 amide bonds. The molecule has 0 bridgehead atoms. The standard InChI is InChI=1S/C17H18N2O5/c1-10(20)19-7-6-11-4-5-12(8-14(11)19)18-9-13-15(21)23-17(2,3)24-16(13)22/h4-5,8-9,18H,6-7H2,1-3H3. The number of hydrogen-bond acceptors (Lipinski definition) is 6. The first kappa shape index (κ1) is 16.0. The van der Waals surface area contributed by atoms with E-state index in [0.29, 0.717) is 12.2 Å². The number of hydrogen-bond donors (Lipinski definition) is 1. The number of carbonyl (C=O) groups excluding carboxylic acids is 3. The molecule has 1 fully saturated rings. The van der Waals surface area contributed by atoms with Gasteiger partial charge >= 0.3 is 11.9 Å². The second kappa shape index (κ2) is 5.67. The van der Waals surface area contributed by atoms with Crippen molar-refractivity contribution in [3.63, 3.8) is 0 Å². The molecule has 7 nitrogen and oxygen atoms in total. The van der Waals surface area contributed by atoms with Crippen LogP contribution in [0.15, 0.2) is 30.0 Å². The van der Waals surface area contributed by atoms with Crippen molar-refractivity contribution in [3.05, 3.63) is 35.5 Å². The van der Waals surface area contributed by atoms with Crippen molar-refractivity contribution in [3.8, 4) is 0 Å². The highest BCUT2D eigenvalue weighted by atomic mass is 16.7. The summed E-state index contributed by atoms with van der Waals surface area (Å²) in [6, 6.07) is 5.55. The van der Waals surface area contributed by atoms with E-state index in [1.165, 1.54) is 27.0 Å². The second-order valence-corrected chi connectivity index (χ2v) is 6.15. The van der Waals surface area contributed by atoms with Crippen LogP contribution in [0.1, 0.15) is 26.3 Å². The van der Waals surface area contributed by atoms with Gasteiger partial charge in [-0.15, -0.1) is 0 Å². The first-order chi connectivity index (χ1) is 11.3. The van der Waals surface area contributed by atoms with E-state index in [1.54, 1.807) is 4.90 Å². The molecule has 0 radical (unpaired) electrons. The number of benzene rings is 1. The Balaban J connectivity index is 1.80. The number of esters is 2. The van der Waals surface area contributed by atoms with E-state index in [9.17, 15) is 14.4 Å². The smallest absolute Gasteiger partial charge is 0.350 e. The molecule has 0 aromatic heterocycles. The minimum Gasteiger partial charge on any atom is -0.419 e. The lowest BCUT2D eigenvalue weighted by Gasteiger charge is -2.29. The van der Waals surface area contributed by atoms with Crippen LogP contribution in [0.3, 0.4) is 0 Å². The van der Waals surface area contributed by atoms with Crippen molar-refractivity contribution >= 4 is 29.2 Å². The summed E-state index contributed by atoms with van der Waals surface area (Å²) in [5.41, 5.74) is 2.36. The van der Waals surface area contributed by atoms with E-state index in [-0.39, 0.29) is 11.5 Å². The Morgan fingerprint density at radius 3 is 2.54 bits per heavy atom. The highest BCUT2D eigenvalue weighted by Gasteiger charge is 2.39. The average Bonchev–Trinajstić information content (AvgIpc) is 2.88. The molecule has 7 heteroatoms. The summed E-state index contributed by atoms with van der Waals surface area (Å²) < 4.78 is 10.0. The predicted octanol–water partition coefficient (Wildman–Crippen LogP) is 1.73. The molecule has 0 saturated carbocycles. The Morgan fingerprint density at radius 2 is 1.92 bits per heavy atom. The number of anilines is 2. The Labute approximate surface area is 139 Å². The van der Waals surface area contributed by atoms with Crippen molar-refractivity contribution < 1.29 is 23.9 Å². The van der Waals surface area contributed by atoms with Gasteiger partial charge in [0.2, 0.25) is 5.91 Å². The monoisotopic (exact) mass is 330 g/mol. The summed E-state index contributed by atoms with van der Waals surface area (Å²) in [7, 11) is 0. The summed E-state index contributed by atoms with van der Waals surface area (Å²) in [6.07, 6.45) is 2.07. The minimum absolute atomic E-state index is 0.0223. The van der Waals surface area contributed by atoms with Gasteiger partial charge < -0.3 is 19.7 Å². The van der Waals surface area contributed by atoms with Gasteiger partial charge in [0.05, 0.1) is 0 Å². The van der Waals surface area contributed by atoms with Crippen LogP contribution in [0.5, 0.6) is 0 Å². The molecule has 1 aromatic carbocycles. The van der Waals surface area contributed by atoms with E-state index in [2.05, 4.69) is 5.32 Å². The topological polar surface area (TPSA) is 84.9 Å². The Kier molecular flexibility index (Phi) is 3.79. The van der Waals surface area contributed by atoms with Crippen molar-refractivity contribution in [2.24, 2.45) is 0 Å². The molecule has 1 aromatic rings. The maximum atomic E-state index is 11.9. The highest BCUT2D eigenvalue weighted by Crippen LogP contribution is 2.31. The molecule has 2 heterocycles. The number of cyclic esters (lactones) is 2. The molecule has 2 aliphatic heterocycles. The number of amides is 1. The summed E-state index contributed by atoms with van der Waals surface area (Å²) >= 11 is 0. The third-order valence-electron chi connectivity index (χ3n) is 3.86. The predicted molar refractivity (Wildman–Crippen MR) is 86.1 cm³/mol. The van der Waals surface area contributed by atoms with Crippen LogP contribution in [0, 0.1) is 0 Å². The minimum atomic E-state index is -1.26. The Hall–Kier alpha value is -2.83. The third kappa shape index (κ3) is 2.97. The molecule has 1 saturated heterocycles. The summed E-state index contributed by atoms with van der Waals surface area (Å²) in [5.74, 6) is -2.77. The Bertz CT molecular complexity index is 744. The van der Waals surface area contributed by atoms with Gasteiger partial charge in [-0.2, -0.15) is 0 Å². The van der Waals surface area contributed by atoms with Crippen LogP contribution in [0.2, 0.25) is 0 Å². The van der Waals surface area contributed by atoms with E-state index in [1.807, 2.05) is 18.2 Å². The van der Waals surface area contributed by atoms with Gasteiger partial charge in [0, 0.05) is 44.9 Å². The maximum absolute atomic E-state index is 11.9. The normalized spacial score (nSPS) is 18.6. The molecule has 24 heavy (non-hydrogen) atoms. The molecule has 2 aliphatic rings. The number of fused-ring (bicyclic) bond motifs is 1. The van der Waals surface area contributed by atoms with Crippen molar-refractivity contribution in [1.29, 1.82) is 0 Å². The van der Waals surface area contributed by atoms with Gasteiger partial charge in [0.25, 0.3) is 5.79 Å². The molecule has 0 unspecified atom stereocenters. The molecule has 0 atom stereocenters. The summed E-state index contributed by atoms with van der Waals surface area (Å²) in [4.78, 5) is 37.1. The Morgan fingerprint density at radius 1 is 1.25 bits per heavy atom. The second-order valence-electron chi connectivity index (χ2n) is 6.15. The fourth-order valence-corrected chi connectivity index (χ4v) is 2.73. The molecule has 3 rings (SSSR count). The molecule has 0 aliphatic carbocycles. The van der Waals surface area contributed by atoms with Gasteiger partial charge in [-0.1, -0.05) is 6.07 Å². The molecular formula is C17H18N2O5. The van der Waals surface area contributed by atoms with E-state index < -0.39 is 17.7 Å². The van der Waals surface area contributed by atoms with Crippen LogP contribution in [0.25, 0.3) is 0 Å².